The quantitative estimate of drug-likeness (QED) is 0.476. The maximum Gasteiger partial charge on any atom is 0.273 e. The number of aromatic nitrogens is 4. The van der Waals surface area contributed by atoms with Crippen molar-refractivity contribution in [2.24, 2.45) is 7.05 Å². The van der Waals surface area contributed by atoms with Gasteiger partial charge in [0.1, 0.15) is 5.69 Å². The molecule has 0 unspecified atom stereocenters. The van der Waals surface area contributed by atoms with Crippen LogP contribution in [0.4, 0.5) is 5.69 Å². The van der Waals surface area contributed by atoms with Crippen LogP contribution in [0.15, 0.2) is 78.4 Å². The average Bonchev–Trinajstić information content (AvgIpc) is 3.43. The van der Waals surface area contributed by atoms with Gasteiger partial charge in [0, 0.05) is 41.6 Å². The SMILES string of the molecule is Cn1nc(-c2ccccc2)cc1C(=O)Nc1cccc(-c2cn3ccsc3n2)c1. The van der Waals surface area contributed by atoms with Gasteiger partial charge < -0.3 is 5.32 Å². The van der Waals surface area contributed by atoms with Gasteiger partial charge in [0.2, 0.25) is 0 Å². The largest absolute Gasteiger partial charge is 0.321 e. The van der Waals surface area contributed by atoms with E-state index in [2.05, 4.69) is 15.4 Å². The molecule has 29 heavy (non-hydrogen) atoms. The second kappa shape index (κ2) is 7.03. The lowest BCUT2D eigenvalue weighted by atomic mass is 10.1. The smallest absolute Gasteiger partial charge is 0.273 e. The van der Waals surface area contributed by atoms with Gasteiger partial charge >= 0.3 is 0 Å². The highest BCUT2D eigenvalue weighted by molar-refractivity contribution is 7.15. The molecule has 5 aromatic rings. The van der Waals surface area contributed by atoms with Crippen LogP contribution in [0.2, 0.25) is 0 Å². The molecule has 0 aliphatic carbocycles. The van der Waals surface area contributed by atoms with Crippen molar-refractivity contribution in [3.63, 3.8) is 0 Å². The van der Waals surface area contributed by atoms with Crippen molar-refractivity contribution in [1.29, 1.82) is 0 Å². The van der Waals surface area contributed by atoms with Crippen molar-refractivity contribution in [3.05, 3.63) is 84.1 Å². The molecular formula is C22H17N5OS. The van der Waals surface area contributed by atoms with Gasteiger partial charge in [-0.2, -0.15) is 5.10 Å². The van der Waals surface area contributed by atoms with Crippen LogP contribution in [-0.4, -0.2) is 25.1 Å². The van der Waals surface area contributed by atoms with Gasteiger partial charge in [-0.1, -0.05) is 42.5 Å². The van der Waals surface area contributed by atoms with Crippen molar-refractivity contribution >= 4 is 27.9 Å². The van der Waals surface area contributed by atoms with Crippen LogP contribution in [0.1, 0.15) is 10.5 Å². The summed E-state index contributed by atoms with van der Waals surface area (Å²) in [5, 5.41) is 9.44. The highest BCUT2D eigenvalue weighted by Gasteiger charge is 2.15. The number of benzene rings is 2. The van der Waals surface area contributed by atoms with Crippen LogP contribution in [0.3, 0.4) is 0 Å². The molecule has 1 N–H and O–H groups in total. The molecule has 1 amide bonds. The molecule has 2 aromatic carbocycles. The Morgan fingerprint density at radius 3 is 2.66 bits per heavy atom. The highest BCUT2D eigenvalue weighted by atomic mass is 32.1. The number of fused-ring (bicyclic) bond motifs is 1. The Morgan fingerprint density at radius 1 is 1.00 bits per heavy atom. The molecule has 0 aliphatic heterocycles. The molecule has 142 valence electrons. The van der Waals surface area contributed by atoms with Gasteiger partial charge in [-0.25, -0.2) is 4.98 Å². The van der Waals surface area contributed by atoms with Gasteiger partial charge in [-0.05, 0) is 18.2 Å². The predicted molar refractivity (Wildman–Crippen MR) is 115 cm³/mol. The fourth-order valence-electron chi connectivity index (χ4n) is 3.25. The minimum atomic E-state index is -0.204. The summed E-state index contributed by atoms with van der Waals surface area (Å²) in [7, 11) is 1.77. The zero-order valence-corrected chi connectivity index (χ0v) is 16.4. The minimum Gasteiger partial charge on any atom is -0.321 e. The van der Waals surface area contributed by atoms with Crippen molar-refractivity contribution in [3.8, 4) is 22.5 Å². The number of nitrogens with one attached hydrogen (secondary N) is 1. The molecule has 0 aliphatic rings. The lowest BCUT2D eigenvalue weighted by Crippen LogP contribution is -2.16. The van der Waals surface area contributed by atoms with E-state index in [4.69, 9.17) is 0 Å². The summed E-state index contributed by atoms with van der Waals surface area (Å²) >= 11 is 1.59. The highest BCUT2D eigenvalue weighted by Crippen LogP contribution is 2.25. The zero-order chi connectivity index (χ0) is 19.8. The Kier molecular flexibility index (Phi) is 4.22. The molecule has 0 saturated carbocycles. The summed E-state index contributed by atoms with van der Waals surface area (Å²) in [6.45, 7) is 0. The molecule has 7 heteroatoms. The number of thiazole rings is 1. The van der Waals surface area contributed by atoms with Crippen molar-refractivity contribution in [2.45, 2.75) is 0 Å². The molecular weight excluding hydrogens is 382 g/mol. The monoisotopic (exact) mass is 399 g/mol. The van der Waals surface area contributed by atoms with Crippen LogP contribution in [0, 0.1) is 0 Å². The molecule has 0 fully saturated rings. The number of carbonyl (C=O) groups excluding carboxylic acids is 1. The van der Waals surface area contributed by atoms with E-state index in [1.54, 1.807) is 29.1 Å². The van der Waals surface area contributed by atoms with E-state index in [0.29, 0.717) is 11.4 Å². The standard InChI is InChI=1S/C22H17N5OS/c1-26-20(13-18(25-26)15-6-3-2-4-7-15)21(28)23-17-9-5-8-16(12-17)19-14-27-10-11-29-22(27)24-19/h2-14H,1H3,(H,23,28). The number of carbonyl (C=O) groups is 1. The number of hydrogen-bond acceptors (Lipinski definition) is 4. The van der Waals surface area contributed by atoms with E-state index in [0.717, 1.165) is 27.5 Å². The lowest BCUT2D eigenvalue weighted by Gasteiger charge is -2.06. The maximum absolute atomic E-state index is 12.8. The van der Waals surface area contributed by atoms with Crippen molar-refractivity contribution in [1.82, 2.24) is 19.2 Å². The van der Waals surface area contributed by atoms with Crippen molar-refractivity contribution in [2.75, 3.05) is 5.32 Å². The van der Waals surface area contributed by atoms with E-state index >= 15 is 0 Å². The third-order valence-electron chi connectivity index (χ3n) is 4.69. The van der Waals surface area contributed by atoms with E-state index < -0.39 is 0 Å². The molecule has 0 radical (unpaired) electrons. The van der Waals surface area contributed by atoms with E-state index in [1.807, 2.05) is 76.8 Å². The predicted octanol–water partition coefficient (Wildman–Crippen LogP) is 4.72. The number of amides is 1. The Bertz CT molecular complexity index is 1290. The van der Waals surface area contributed by atoms with Gasteiger partial charge in [-0.3, -0.25) is 13.9 Å². The second-order valence-corrected chi connectivity index (χ2v) is 7.53. The molecule has 0 saturated heterocycles. The maximum atomic E-state index is 12.8. The molecule has 6 nitrogen and oxygen atoms in total. The van der Waals surface area contributed by atoms with Crippen molar-refractivity contribution < 1.29 is 4.79 Å². The third-order valence-corrected chi connectivity index (χ3v) is 5.46. The van der Waals surface area contributed by atoms with E-state index in [-0.39, 0.29) is 5.91 Å². The fourth-order valence-corrected chi connectivity index (χ4v) is 3.95. The number of aryl methyl sites for hydroxylation is 1. The normalized spacial score (nSPS) is 11.1. The van der Waals surface area contributed by atoms with Gasteiger partial charge in [0.25, 0.3) is 5.91 Å². The first-order chi connectivity index (χ1) is 14.2. The molecule has 0 bridgehead atoms. The molecule has 3 aromatic heterocycles. The van der Waals surface area contributed by atoms with Crippen LogP contribution in [-0.2, 0) is 7.05 Å². The second-order valence-electron chi connectivity index (χ2n) is 6.66. The molecule has 5 rings (SSSR count). The zero-order valence-electron chi connectivity index (χ0n) is 15.6. The number of anilines is 1. The topological polar surface area (TPSA) is 64.2 Å². The Balaban J connectivity index is 1.40. The summed E-state index contributed by atoms with van der Waals surface area (Å²) in [6, 6.07) is 19.3. The van der Waals surface area contributed by atoms with Crippen LogP contribution in [0.25, 0.3) is 27.5 Å². The first-order valence-electron chi connectivity index (χ1n) is 9.11. The lowest BCUT2D eigenvalue weighted by molar-refractivity contribution is 0.101. The Labute approximate surface area is 171 Å². The Hall–Kier alpha value is -3.71. The van der Waals surface area contributed by atoms with Crippen LogP contribution < -0.4 is 5.32 Å². The first-order valence-corrected chi connectivity index (χ1v) is 9.99. The van der Waals surface area contributed by atoms with E-state index in [1.165, 1.54) is 0 Å². The van der Waals surface area contributed by atoms with Gasteiger partial charge in [0.05, 0.1) is 11.4 Å². The average molecular weight is 399 g/mol. The minimum absolute atomic E-state index is 0.204. The number of rotatable bonds is 4. The van der Waals surface area contributed by atoms with Crippen LogP contribution in [0.5, 0.6) is 0 Å². The summed E-state index contributed by atoms with van der Waals surface area (Å²) in [5.74, 6) is -0.204. The molecule has 3 heterocycles. The number of nitrogens with zero attached hydrogens (tertiary/aromatic N) is 4. The molecule has 0 atom stereocenters. The van der Waals surface area contributed by atoms with E-state index in [9.17, 15) is 4.79 Å². The third kappa shape index (κ3) is 3.32. The number of imidazole rings is 1. The summed E-state index contributed by atoms with van der Waals surface area (Å²) < 4.78 is 3.59. The fraction of sp³-hybridized carbons (Fsp3) is 0.0455. The number of hydrogen-bond donors (Lipinski definition) is 1. The summed E-state index contributed by atoms with van der Waals surface area (Å²) in [6.07, 6.45) is 3.97. The van der Waals surface area contributed by atoms with Crippen LogP contribution >= 0.6 is 11.3 Å². The van der Waals surface area contributed by atoms with Gasteiger partial charge in [0.15, 0.2) is 4.96 Å². The summed E-state index contributed by atoms with van der Waals surface area (Å²) in [5.41, 5.74) is 4.78. The van der Waals surface area contributed by atoms with Gasteiger partial charge in [-0.15, -0.1) is 11.3 Å². The summed E-state index contributed by atoms with van der Waals surface area (Å²) in [4.78, 5) is 18.4. The first kappa shape index (κ1) is 17.4. The Morgan fingerprint density at radius 2 is 1.83 bits per heavy atom. The molecule has 0 spiro atoms.